The first-order chi connectivity index (χ1) is 18.8. The van der Waals surface area contributed by atoms with Gasteiger partial charge in [-0.1, -0.05) is 0 Å². The zero-order valence-electron chi connectivity index (χ0n) is 20.1. The van der Waals surface area contributed by atoms with Crippen molar-refractivity contribution in [2.75, 3.05) is 29.6 Å². The molecule has 0 saturated heterocycles. The molecule has 9 N–H and O–H groups in total. The quantitative estimate of drug-likeness (QED) is 0.0786. The van der Waals surface area contributed by atoms with E-state index in [-0.39, 0.29) is 21.4 Å². The molecule has 41 heavy (non-hydrogen) atoms. The van der Waals surface area contributed by atoms with Gasteiger partial charge in [-0.05, 0) is 47.9 Å². The normalized spacial score (nSPS) is 12.6. The van der Waals surface area contributed by atoms with Crippen LogP contribution < -0.4 is 17.2 Å². The summed E-state index contributed by atoms with van der Waals surface area (Å²) < 4.78 is 97.1. The molecule has 0 aliphatic rings. The van der Waals surface area contributed by atoms with Gasteiger partial charge in [0.05, 0.1) is 41.6 Å². The summed E-state index contributed by atoms with van der Waals surface area (Å²) in [5.74, 6) is -1.30. The molecule has 0 spiro atoms. The van der Waals surface area contributed by atoms with Crippen LogP contribution in [-0.2, 0) is 34.3 Å². The summed E-state index contributed by atoms with van der Waals surface area (Å²) in [6.45, 7) is -0.620. The average Bonchev–Trinajstić information content (AvgIpc) is 2.88. The van der Waals surface area contributed by atoms with E-state index in [1.165, 1.54) is 24.3 Å². The molecule has 0 radical (unpaired) electrons. The van der Waals surface area contributed by atoms with Crippen LogP contribution in [0.25, 0.3) is 10.8 Å². The lowest BCUT2D eigenvalue weighted by Crippen LogP contribution is -2.13. The van der Waals surface area contributed by atoms with Crippen LogP contribution >= 0.6 is 10.9 Å². The molecular formula is C18H20N6O13S4. The zero-order chi connectivity index (χ0) is 31.4. The number of aromatic hydroxyl groups is 1. The Kier molecular flexibility index (Phi) is 9.92. The summed E-state index contributed by atoms with van der Waals surface area (Å²) in [7, 11) is -17.0. The summed E-state index contributed by atoms with van der Waals surface area (Å²) in [4.78, 5) is 29.4. The SMILES string of the molecule is Nc1c(S(=O)(=O)O)cc2cc(S(=O)(=O)O)cc(N)c2c1O.Nc1ccc(S(=O)(=O)CCOS(N=O)(N=O)N=O)cc1. The van der Waals surface area contributed by atoms with Crippen molar-refractivity contribution < 1.29 is 43.6 Å². The number of fused-ring (bicyclic) bond motifs is 1. The third-order valence-electron chi connectivity index (χ3n) is 4.92. The summed E-state index contributed by atoms with van der Waals surface area (Å²) in [6, 6.07) is 7.98. The van der Waals surface area contributed by atoms with Crippen molar-refractivity contribution in [3.63, 3.8) is 0 Å². The van der Waals surface area contributed by atoms with Crippen molar-refractivity contribution in [2.24, 2.45) is 13.7 Å². The number of sulfone groups is 1. The second-order valence-electron chi connectivity index (χ2n) is 7.60. The Morgan fingerprint density at radius 2 is 1.29 bits per heavy atom. The fourth-order valence-electron chi connectivity index (χ4n) is 3.03. The van der Waals surface area contributed by atoms with Crippen LogP contribution in [0.3, 0.4) is 0 Å². The van der Waals surface area contributed by atoms with Crippen molar-refractivity contribution >= 4 is 68.8 Å². The molecule has 0 atom stereocenters. The summed E-state index contributed by atoms with van der Waals surface area (Å²) >= 11 is 0. The maximum atomic E-state index is 11.9. The number of nitroso groups, excluding NO2 is 3. The van der Waals surface area contributed by atoms with Crippen LogP contribution in [-0.4, -0.2) is 51.8 Å². The van der Waals surface area contributed by atoms with Crippen molar-refractivity contribution in [1.82, 2.24) is 0 Å². The number of nitrogen functional groups attached to an aromatic ring is 3. The first-order valence-corrected chi connectivity index (χ1v) is 16.2. The minimum atomic E-state index is -4.75. The predicted octanol–water partition coefficient (Wildman–Crippen LogP) is 2.03. The molecule has 0 aliphatic carbocycles. The number of anilines is 3. The van der Waals surface area contributed by atoms with Crippen molar-refractivity contribution in [3.05, 3.63) is 57.2 Å². The third kappa shape index (κ3) is 7.81. The monoisotopic (exact) mass is 656 g/mol. The largest absolute Gasteiger partial charge is 0.505 e. The van der Waals surface area contributed by atoms with Gasteiger partial charge in [0.15, 0.2) is 9.84 Å². The highest BCUT2D eigenvalue weighted by Crippen LogP contribution is 2.52. The Bertz CT molecular complexity index is 1810. The van der Waals surface area contributed by atoms with Crippen molar-refractivity contribution in [2.45, 2.75) is 14.7 Å². The second-order valence-corrected chi connectivity index (χ2v) is 14.1. The standard InChI is InChI=1S/C10H10N2O7S2.C8H10N4O6S2/c11-6-3-5(20(14,15)16)1-4-2-7(21(17,18)19)9(12)10(13)8(4)6;9-7-1-3-8(4-2-7)19(16,17)6-5-18-20(10-13,11-14)12-15/h1-3,13H,11-12H2,(H,14,15,16)(H,17,18,19);1-4H,5-6,9H2. The first kappa shape index (κ1) is 33.2. The van der Waals surface area contributed by atoms with Crippen LogP contribution in [0, 0.1) is 14.7 Å². The highest BCUT2D eigenvalue weighted by Gasteiger charge is 2.31. The lowest BCUT2D eigenvalue weighted by Gasteiger charge is -2.13. The maximum absolute atomic E-state index is 11.9. The molecule has 0 heterocycles. The molecule has 0 saturated carbocycles. The molecule has 3 rings (SSSR count). The summed E-state index contributed by atoms with van der Waals surface area (Å²) in [5, 5.41) is 9.64. The van der Waals surface area contributed by atoms with E-state index in [4.69, 9.17) is 26.3 Å². The molecule has 19 nitrogen and oxygen atoms in total. The van der Waals surface area contributed by atoms with Crippen LogP contribution in [0.2, 0.25) is 0 Å². The van der Waals surface area contributed by atoms with Crippen molar-refractivity contribution in [3.8, 4) is 5.75 Å². The molecule has 0 amide bonds. The number of phenolic OH excluding ortho intramolecular Hbond substituents is 1. The highest BCUT2D eigenvalue weighted by molar-refractivity contribution is 8.26. The van der Waals surface area contributed by atoms with Gasteiger partial charge in [-0.2, -0.15) is 16.8 Å². The fraction of sp³-hybridized carbons (Fsp3) is 0.111. The van der Waals surface area contributed by atoms with Gasteiger partial charge >= 0.3 is 0 Å². The molecule has 0 unspecified atom stereocenters. The summed E-state index contributed by atoms with van der Waals surface area (Å²) in [6.07, 6.45) is 0. The van der Waals surface area contributed by atoms with Gasteiger partial charge in [0, 0.05) is 16.8 Å². The topological polar surface area (TPSA) is 339 Å². The number of hydrogen-bond donors (Lipinski definition) is 6. The Morgan fingerprint density at radius 1 is 0.756 bits per heavy atom. The Balaban J connectivity index is 0.000000287. The van der Waals surface area contributed by atoms with Gasteiger partial charge in [-0.3, -0.25) is 13.3 Å². The predicted molar refractivity (Wildman–Crippen MR) is 148 cm³/mol. The van der Waals surface area contributed by atoms with Crippen LogP contribution in [0.15, 0.2) is 70.9 Å². The van der Waals surface area contributed by atoms with Gasteiger partial charge in [0.25, 0.3) is 31.1 Å². The lowest BCUT2D eigenvalue weighted by atomic mass is 10.1. The number of benzene rings is 3. The summed E-state index contributed by atoms with van der Waals surface area (Å²) in [5.41, 5.74) is 15.9. The molecule has 0 aliphatic heterocycles. The third-order valence-corrected chi connectivity index (χ3v) is 9.40. The van der Waals surface area contributed by atoms with E-state index in [9.17, 15) is 45.1 Å². The average molecular weight is 657 g/mol. The molecule has 23 heteroatoms. The van der Waals surface area contributed by atoms with Gasteiger partial charge < -0.3 is 22.3 Å². The molecule has 224 valence electrons. The zero-order valence-corrected chi connectivity index (χ0v) is 23.4. The van der Waals surface area contributed by atoms with E-state index in [1.807, 2.05) is 0 Å². The number of hydrogen-bond acceptors (Lipinski definition) is 17. The number of nitrogens with two attached hydrogens (primary N) is 3. The number of rotatable bonds is 10. The molecule has 0 bridgehead atoms. The van der Waals surface area contributed by atoms with E-state index in [2.05, 4.69) is 17.9 Å². The van der Waals surface area contributed by atoms with E-state index in [0.29, 0.717) is 5.69 Å². The van der Waals surface area contributed by atoms with E-state index in [0.717, 1.165) is 18.2 Å². The molecule has 3 aromatic carbocycles. The van der Waals surface area contributed by atoms with Gasteiger partial charge in [0.2, 0.25) is 0 Å². The van der Waals surface area contributed by atoms with Crippen LogP contribution in [0.5, 0.6) is 5.75 Å². The lowest BCUT2D eigenvalue weighted by molar-refractivity contribution is 0.381. The van der Waals surface area contributed by atoms with E-state index < -0.39 is 74.5 Å². The minimum absolute atomic E-state index is 0.0203. The maximum Gasteiger partial charge on any atom is 0.296 e. The van der Waals surface area contributed by atoms with Gasteiger partial charge in [-0.25, -0.2) is 8.42 Å². The molecule has 0 aromatic heterocycles. The van der Waals surface area contributed by atoms with Gasteiger partial charge in [-0.15, -0.1) is 14.7 Å². The molecular weight excluding hydrogens is 636 g/mol. The Morgan fingerprint density at radius 3 is 1.76 bits per heavy atom. The minimum Gasteiger partial charge on any atom is -0.505 e. The van der Waals surface area contributed by atoms with Crippen LogP contribution in [0.4, 0.5) is 17.1 Å². The Labute approximate surface area is 232 Å². The fourth-order valence-corrected chi connectivity index (χ4v) is 5.95. The Hall–Kier alpha value is -4.00. The van der Waals surface area contributed by atoms with Crippen LogP contribution in [0.1, 0.15) is 0 Å². The highest BCUT2D eigenvalue weighted by atomic mass is 32.3. The van der Waals surface area contributed by atoms with Crippen molar-refractivity contribution in [1.29, 1.82) is 0 Å². The number of nitrogens with zero attached hydrogens (tertiary/aromatic N) is 3. The molecule has 0 fully saturated rings. The smallest absolute Gasteiger partial charge is 0.296 e. The first-order valence-electron chi connectivity index (χ1n) is 10.2. The second kappa shape index (κ2) is 12.2. The molecule has 3 aromatic rings. The number of phenols is 1. The van der Waals surface area contributed by atoms with Gasteiger partial charge in [0.1, 0.15) is 10.6 Å². The van der Waals surface area contributed by atoms with E-state index in [1.54, 1.807) is 0 Å². The van der Waals surface area contributed by atoms with E-state index >= 15 is 0 Å².